The summed E-state index contributed by atoms with van der Waals surface area (Å²) in [4.78, 5) is 18.5. The average molecular weight is 363 g/mol. The molecule has 5 nitrogen and oxygen atoms in total. The van der Waals surface area contributed by atoms with Crippen LogP contribution in [0.15, 0.2) is 66.7 Å². The largest absolute Gasteiger partial charge is 0.355 e. The van der Waals surface area contributed by atoms with Crippen LogP contribution in [0.4, 0.5) is 0 Å². The maximum atomic E-state index is 4.74. The Bertz CT molecular complexity index is 1520. The molecule has 0 saturated heterocycles. The first kappa shape index (κ1) is 15.1. The summed E-state index contributed by atoms with van der Waals surface area (Å²) in [5, 5.41) is 0. The van der Waals surface area contributed by atoms with Crippen molar-refractivity contribution in [1.82, 2.24) is 24.9 Å². The lowest BCUT2D eigenvalue weighted by molar-refractivity contribution is 1.32. The third-order valence-corrected chi connectivity index (χ3v) is 5.01. The molecule has 0 atom stereocenters. The van der Waals surface area contributed by atoms with Crippen LogP contribution in [0, 0.1) is 0 Å². The molecule has 5 aromatic heterocycles. The number of rotatable bonds is 0. The van der Waals surface area contributed by atoms with Crippen LogP contribution in [-0.4, -0.2) is 24.9 Å². The number of aromatic amines is 4. The molecule has 28 heavy (non-hydrogen) atoms. The second-order valence-electron chi connectivity index (χ2n) is 7.04. The predicted molar refractivity (Wildman–Crippen MR) is 116 cm³/mol. The minimum Gasteiger partial charge on any atom is -0.355 e. The SMILES string of the molecule is C1=Cc2nc1cc1ccc(cc3ccc(cc4ccc([nH]4)c4ccc2[nH]4)[nH]3)[nH]1. The number of H-pyrrole nitrogens is 4. The first-order chi connectivity index (χ1) is 13.8. The van der Waals surface area contributed by atoms with Gasteiger partial charge in [0.25, 0.3) is 0 Å². The number of hydrogen-bond donors (Lipinski definition) is 4. The van der Waals surface area contributed by atoms with E-state index in [9.17, 15) is 0 Å². The number of fused-ring (bicyclic) bond motifs is 12. The molecule has 0 radical (unpaired) electrons. The first-order valence-corrected chi connectivity index (χ1v) is 9.23. The van der Waals surface area contributed by atoms with E-state index in [1.165, 1.54) is 0 Å². The number of aromatic nitrogens is 5. The van der Waals surface area contributed by atoms with E-state index in [2.05, 4.69) is 86.7 Å². The standard InChI is InChI=1S/C23H17N5/c1-3-16-12-18-5-7-20(26-18)22-9-10-23(28-22)21-8-6-19(27-21)13-17-4-2-15(25-17)11-14(1)24-16/h1-13,24-26,28H. The Kier molecular flexibility index (Phi) is 3.10. The van der Waals surface area contributed by atoms with E-state index < -0.39 is 0 Å². The quantitative estimate of drug-likeness (QED) is 0.273. The fraction of sp³-hybridized carbons (Fsp3) is 0. The predicted octanol–water partition coefficient (Wildman–Crippen LogP) is 5.74. The van der Waals surface area contributed by atoms with Crippen LogP contribution in [0.1, 0.15) is 11.4 Å². The van der Waals surface area contributed by atoms with Gasteiger partial charge in [-0.3, -0.25) is 0 Å². The zero-order chi connectivity index (χ0) is 18.5. The van der Waals surface area contributed by atoms with Crippen molar-refractivity contribution in [3.8, 4) is 0 Å². The van der Waals surface area contributed by atoms with E-state index in [-0.39, 0.29) is 0 Å². The second kappa shape index (κ2) is 5.76. The fourth-order valence-corrected chi connectivity index (χ4v) is 3.65. The summed E-state index contributed by atoms with van der Waals surface area (Å²) in [5.41, 5.74) is 10.2. The van der Waals surface area contributed by atoms with Gasteiger partial charge >= 0.3 is 0 Å². The van der Waals surface area contributed by atoms with E-state index in [0.717, 1.165) is 55.5 Å². The molecular formula is C23H17N5. The summed E-state index contributed by atoms with van der Waals surface area (Å²) in [6, 6.07) is 22.9. The van der Waals surface area contributed by atoms with Gasteiger partial charge in [0.05, 0.1) is 27.9 Å². The maximum Gasteiger partial charge on any atom is 0.0872 e. The van der Waals surface area contributed by atoms with Crippen LogP contribution in [0.25, 0.3) is 56.3 Å². The molecule has 0 aliphatic carbocycles. The molecule has 5 heteroatoms. The van der Waals surface area contributed by atoms with Crippen LogP contribution in [-0.2, 0) is 0 Å². The van der Waals surface area contributed by atoms with Gasteiger partial charge in [0.2, 0.25) is 0 Å². The molecule has 0 fully saturated rings. The normalized spacial score (nSPS) is 12.1. The Morgan fingerprint density at radius 3 is 1.75 bits per heavy atom. The second-order valence-corrected chi connectivity index (χ2v) is 7.04. The van der Waals surface area contributed by atoms with Crippen molar-refractivity contribution in [2.45, 2.75) is 0 Å². The third-order valence-electron chi connectivity index (χ3n) is 5.01. The molecule has 1 aliphatic rings. The molecular weight excluding hydrogens is 346 g/mol. The Morgan fingerprint density at radius 2 is 1.00 bits per heavy atom. The minimum absolute atomic E-state index is 0.930. The monoisotopic (exact) mass is 363 g/mol. The molecule has 0 unspecified atom stereocenters. The molecule has 0 spiro atoms. The molecule has 10 bridgehead atoms. The van der Waals surface area contributed by atoms with Crippen molar-refractivity contribution in [3.05, 3.63) is 78.1 Å². The van der Waals surface area contributed by atoms with Crippen molar-refractivity contribution >= 4 is 56.3 Å². The third kappa shape index (κ3) is 2.61. The van der Waals surface area contributed by atoms with Gasteiger partial charge in [0, 0.05) is 27.6 Å². The molecule has 134 valence electrons. The van der Waals surface area contributed by atoms with Crippen LogP contribution >= 0.6 is 0 Å². The lowest BCUT2D eigenvalue weighted by atomic mass is 10.3. The molecule has 6 heterocycles. The van der Waals surface area contributed by atoms with E-state index in [0.29, 0.717) is 0 Å². The summed E-state index contributed by atoms with van der Waals surface area (Å²) in [6.07, 6.45) is 4.08. The van der Waals surface area contributed by atoms with Crippen molar-refractivity contribution in [1.29, 1.82) is 0 Å². The lowest BCUT2D eigenvalue weighted by Gasteiger charge is -1.87. The highest BCUT2D eigenvalue weighted by molar-refractivity contribution is 5.85. The lowest BCUT2D eigenvalue weighted by Crippen LogP contribution is -1.76. The van der Waals surface area contributed by atoms with Crippen LogP contribution in [0.2, 0.25) is 0 Å². The number of hydrogen-bond acceptors (Lipinski definition) is 1. The van der Waals surface area contributed by atoms with E-state index in [4.69, 9.17) is 4.98 Å². The molecule has 0 amide bonds. The molecule has 4 N–H and O–H groups in total. The number of nitrogens with one attached hydrogen (secondary N) is 4. The Labute approximate surface area is 159 Å². The van der Waals surface area contributed by atoms with Gasteiger partial charge < -0.3 is 19.9 Å². The maximum absolute atomic E-state index is 4.74. The van der Waals surface area contributed by atoms with Crippen LogP contribution in [0.3, 0.4) is 0 Å². The fourth-order valence-electron chi connectivity index (χ4n) is 3.65. The molecule has 1 aliphatic heterocycles. The van der Waals surface area contributed by atoms with Gasteiger partial charge in [-0.2, -0.15) is 0 Å². The van der Waals surface area contributed by atoms with Gasteiger partial charge in [-0.15, -0.1) is 0 Å². The van der Waals surface area contributed by atoms with Crippen molar-refractivity contribution in [2.75, 3.05) is 0 Å². The molecule has 5 aromatic rings. The van der Waals surface area contributed by atoms with Gasteiger partial charge in [0.1, 0.15) is 0 Å². The van der Waals surface area contributed by atoms with Gasteiger partial charge in [-0.1, -0.05) is 0 Å². The smallest absolute Gasteiger partial charge is 0.0872 e. The first-order valence-electron chi connectivity index (χ1n) is 9.23. The van der Waals surface area contributed by atoms with Gasteiger partial charge in [0.15, 0.2) is 0 Å². The minimum atomic E-state index is 0.930. The average Bonchev–Trinajstić information content (AvgIpc) is 3.46. The molecule has 0 aromatic carbocycles. The zero-order valence-electron chi connectivity index (χ0n) is 15.0. The van der Waals surface area contributed by atoms with Crippen LogP contribution in [0.5, 0.6) is 0 Å². The van der Waals surface area contributed by atoms with E-state index in [1.54, 1.807) is 0 Å². The Hall–Kier alpha value is -3.99. The van der Waals surface area contributed by atoms with E-state index >= 15 is 0 Å². The summed E-state index contributed by atoms with van der Waals surface area (Å²) in [6.45, 7) is 0. The molecule has 6 rings (SSSR count). The Balaban J connectivity index is 1.72. The van der Waals surface area contributed by atoms with Gasteiger partial charge in [-0.05, 0) is 78.9 Å². The van der Waals surface area contributed by atoms with Gasteiger partial charge in [-0.25, -0.2) is 4.98 Å². The van der Waals surface area contributed by atoms with Crippen molar-refractivity contribution < 1.29 is 0 Å². The number of nitrogens with zero attached hydrogens (tertiary/aromatic N) is 1. The highest BCUT2D eigenvalue weighted by atomic mass is 14.8. The zero-order valence-corrected chi connectivity index (χ0v) is 15.0. The molecule has 0 saturated carbocycles. The van der Waals surface area contributed by atoms with E-state index in [1.807, 2.05) is 12.2 Å². The van der Waals surface area contributed by atoms with Crippen molar-refractivity contribution in [3.63, 3.8) is 0 Å². The summed E-state index contributed by atoms with van der Waals surface area (Å²) >= 11 is 0. The van der Waals surface area contributed by atoms with Crippen molar-refractivity contribution in [2.24, 2.45) is 0 Å². The Morgan fingerprint density at radius 1 is 0.464 bits per heavy atom. The highest BCUT2D eigenvalue weighted by Gasteiger charge is 2.03. The summed E-state index contributed by atoms with van der Waals surface area (Å²) < 4.78 is 0. The summed E-state index contributed by atoms with van der Waals surface area (Å²) in [5.74, 6) is 0. The topological polar surface area (TPSA) is 76.0 Å². The summed E-state index contributed by atoms with van der Waals surface area (Å²) in [7, 11) is 0. The van der Waals surface area contributed by atoms with Crippen LogP contribution < -0.4 is 0 Å². The highest BCUT2D eigenvalue weighted by Crippen LogP contribution is 2.19.